The molecule has 1 aromatic rings. The van der Waals surface area contributed by atoms with Crippen molar-refractivity contribution in [3.63, 3.8) is 0 Å². The van der Waals surface area contributed by atoms with E-state index in [1.165, 1.54) is 18.9 Å². The summed E-state index contributed by atoms with van der Waals surface area (Å²) in [6.45, 7) is 6.06. The molecule has 1 fully saturated rings. The highest BCUT2D eigenvalue weighted by molar-refractivity contribution is 5.46. The molecule has 0 atom stereocenters. The Bertz CT molecular complexity index is 350. The van der Waals surface area contributed by atoms with Crippen LogP contribution in [0.2, 0.25) is 0 Å². The number of rotatable bonds is 7. The largest absolute Gasteiger partial charge is 0.370 e. The van der Waals surface area contributed by atoms with Crippen LogP contribution < -0.4 is 10.2 Å². The third kappa shape index (κ3) is 4.00. The minimum Gasteiger partial charge on any atom is -0.370 e. The molecule has 1 N–H and O–H groups in total. The molecule has 0 aromatic heterocycles. The molecular weight excluding hydrogens is 215 g/mol. The molecule has 0 amide bonds. The molecule has 0 unspecified atom stereocenters. The van der Waals surface area contributed by atoms with Crippen LogP contribution in [0.5, 0.6) is 0 Å². The normalized spacial score (nSPS) is 14.9. The second-order valence-electron chi connectivity index (χ2n) is 4.71. The van der Waals surface area contributed by atoms with Crippen LogP contribution in [-0.4, -0.2) is 26.2 Å². The zero-order valence-electron chi connectivity index (χ0n) is 10.5. The number of likely N-dealkylation sites (N-methyl/N-ethyl adjacent to an activating group) is 1. The van der Waals surface area contributed by atoms with Crippen molar-refractivity contribution in [1.29, 1.82) is 0 Å². The van der Waals surface area contributed by atoms with Crippen LogP contribution in [-0.2, 0) is 0 Å². The number of anilines is 1. The molecular formula is C14H21FN2. The maximum atomic E-state index is 13.1. The Labute approximate surface area is 103 Å². The molecule has 94 valence electrons. The van der Waals surface area contributed by atoms with Gasteiger partial charge < -0.3 is 10.2 Å². The summed E-state index contributed by atoms with van der Waals surface area (Å²) < 4.78 is 13.1. The van der Waals surface area contributed by atoms with E-state index >= 15 is 0 Å². The van der Waals surface area contributed by atoms with Crippen LogP contribution >= 0.6 is 0 Å². The number of halogens is 1. The first-order chi connectivity index (χ1) is 8.29. The number of hydrogen-bond donors (Lipinski definition) is 1. The Balaban J connectivity index is 1.78. The van der Waals surface area contributed by atoms with Gasteiger partial charge in [0, 0.05) is 25.3 Å². The lowest BCUT2D eigenvalue weighted by Gasteiger charge is -2.23. The predicted molar refractivity (Wildman–Crippen MR) is 69.9 cm³/mol. The van der Waals surface area contributed by atoms with Gasteiger partial charge >= 0.3 is 0 Å². The van der Waals surface area contributed by atoms with Crippen molar-refractivity contribution >= 4 is 5.69 Å². The van der Waals surface area contributed by atoms with Gasteiger partial charge in [-0.15, -0.1) is 0 Å². The van der Waals surface area contributed by atoms with Gasteiger partial charge in [-0.05, 0) is 50.4 Å². The molecule has 2 rings (SSSR count). The maximum Gasteiger partial charge on any atom is 0.125 e. The van der Waals surface area contributed by atoms with Gasteiger partial charge in [-0.25, -0.2) is 4.39 Å². The summed E-state index contributed by atoms with van der Waals surface area (Å²) in [5.74, 6) is 0.756. The lowest BCUT2D eigenvalue weighted by molar-refractivity contribution is 0.617. The van der Waals surface area contributed by atoms with Gasteiger partial charge in [-0.3, -0.25) is 0 Å². The van der Waals surface area contributed by atoms with Crippen LogP contribution in [0.1, 0.15) is 19.8 Å². The van der Waals surface area contributed by atoms with E-state index in [4.69, 9.17) is 0 Å². The van der Waals surface area contributed by atoms with E-state index in [0.717, 1.165) is 37.8 Å². The minimum atomic E-state index is -0.160. The summed E-state index contributed by atoms with van der Waals surface area (Å²) >= 11 is 0. The van der Waals surface area contributed by atoms with Crippen molar-refractivity contribution in [3.8, 4) is 0 Å². The van der Waals surface area contributed by atoms with E-state index in [9.17, 15) is 4.39 Å². The van der Waals surface area contributed by atoms with Gasteiger partial charge in [-0.1, -0.05) is 6.07 Å². The fourth-order valence-electron chi connectivity index (χ4n) is 1.98. The molecule has 2 nitrogen and oxygen atoms in total. The summed E-state index contributed by atoms with van der Waals surface area (Å²) in [7, 11) is 0. The van der Waals surface area contributed by atoms with E-state index in [2.05, 4.69) is 17.1 Å². The van der Waals surface area contributed by atoms with Crippen LogP contribution in [0.25, 0.3) is 0 Å². The first-order valence-electron chi connectivity index (χ1n) is 6.51. The fraction of sp³-hybridized carbons (Fsp3) is 0.571. The number of nitrogens with zero attached hydrogens (tertiary/aromatic N) is 1. The summed E-state index contributed by atoms with van der Waals surface area (Å²) in [6.07, 6.45) is 2.77. The molecule has 1 aromatic carbocycles. The van der Waals surface area contributed by atoms with Gasteiger partial charge in [0.2, 0.25) is 0 Å². The molecule has 0 saturated heterocycles. The van der Waals surface area contributed by atoms with Crippen molar-refractivity contribution in [1.82, 2.24) is 5.32 Å². The average molecular weight is 236 g/mol. The highest BCUT2D eigenvalue weighted by Crippen LogP contribution is 2.27. The Morgan fingerprint density at radius 3 is 2.88 bits per heavy atom. The topological polar surface area (TPSA) is 15.3 Å². The van der Waals surface area contributed by atoms with Crippen molar-refractivity contribution < 1.29 is 4.39 Å². The molecule has 1 saturated carbocycles. The van der Waals surface area contributed by atoms with E-state index in [1.54, 1.807) is 12.1 Å². The number of benzene rings is 1. The Morgan fingerprint density at radius 1 is 1.41 bits per heavy atom. The van der Waals surface area contributed by atoms with Crippen LogP contribution in [0.4, 0.5) is 10.1 Å². The molecule has 0 radical (unpaired) electrons. The molecule has 0 heterocycles. The van der Waals surface area contributed by atoms with Gasteiger partial charge in [0.25, 0.3) is 0 Å². The summed E-state index contributed by atoms with van der Waals surface area (Å²) in [4.78, 5) is 2.20. The summed E-state index contributed by atoms with van der Waals surface area (Å²) in [5.41, 5.74) is 0.973. The highest BCUT2D eigenvalue weighted by Gasteiger charge is 2.20. The van der Waals surface area contributed by atoms with Gasteiger partial charge in [-0.2, -0.15) is 0 Å². The van der Waals surface area contributed by atoms with Crippen molar-refractivity contribution in [2.45, 2.75) is 19.8 Å². The molecule has 0 aliphatic heterocycles. The molecule has 0 spiro atoms. The Hall–Kier alpha value is -1.09. The van der Waals surface area contributed by atoms with Crippen LogP contribution in [0, 0.1) is 11.7 Å². The van der Waals surface area contributed by atoms with Gasteiger partial charge in [0.1, 0.15) is 5.82 Å². The van der Waals surface area contributed by atoms with Crippen molar-refractivity contribution in [2.75, 3.05) is 31.1 Å². The van der Waals surface area contributed by atoms with E-state index in [-0.39, 0.29) is 5.82 Å². The quantitative estimate of drug-likeness (QED) is 0.732. The van der Waals surface area contributed by atoms with E-state index in [1.807, 2.05) is 6.07 Å². The first kappa shape index (κ1) is 12.4. The minimum absolute atomic E-state index is 0.160. The van der Waals surface area contributed by atoms with Crippen LogP contribution in [0.15, 0.2) is 24.3 Å². The van der Waals surface area contributed by atoms with Gasteiger partial charge in [0.15, 0.2) is 0 Å². The first-order valence-corrected chi connectivity index (χ1v) is 6.51. The molecule has 1 aliphatic carbocycles. The lowest BCUT2D eigenvalue weighted by atomic mass is 10.2. The smallest absolute Gasteiger partial charge is 0.125 e. The SMILES string of the molecule is CCN(CCNCC1CC1)c1cccc(F)c1. The maximum absolute atomic E-state index is 13.1. The molecule has 3 heteroatoms. The van der Waals surface area contributed by atoms with E-state index < -0.39 is 0 Å². The van der Waals surface area contributed by atoms with Crippen molar-refractivity contribution in [2.24, 2.45) is 5.92 Å². The second kappa shape index (κ2) is 6.01. The number of hydrogen-bond acceptors (Lipinski definition) is 2. The zero-order chi connectivity index (χ0) is 12.1. The predicted octanol–water partition coefficient (Wildman–Crippen LogP) is 2.65. The standard InChI is InChI=1S/C14H21FN2/c1-2-17(9-8-16-11-12-6-7-12)14-5-3-4-13(15)10-14/h3-5,10,12,16H,2,6-9,11H2,1H3. The monoisotopic (exact) mass is 236 g/mol. The molecule has 17 heavy (non-hydrogen) atoms. The Kier molecular flexibility index (Phi) is 4.37. The third-order valence-corrected chi connectivity index (χ3v) is 3.24. The second-order valence-corrected chi connectivity index (χ2v) is 4.71. The van der Waals surface area contributed by atoms with Crippen molar-refractivity contribution in [3.05, 3.63) is 30.1 Å². The Morgan fingerprint density at radius 2 is 2.24 bits per heavy atom. The fourth-order valence-corrected chi connectivity index (χ4v) is 1.98. The van der Waals surface area contributed by atoms with Crippen LogP contribution in [0.3, 0.4) is 0 Å². The summed E-state index contributed by atoms with van der Waals surface area (Å²) in [5, 5.41) is 3.46. The molecule has 0 bridgehead atoms. The lowest BCUT2D eigenvalue weighted by Crippen LogP contribution is -2.32. The third-order valence-electron chi connectivity index (χ3n) is 3.24. The zero-order valence-corrected chi connectivity index (χ0v) is 10.5. The van der Waals surface area contributed by atoms with Gasteiger partial charge in [0.05, 0.1) is 0 Å². The average Bonchev–Trinajstić information content (AvgIpc) is 3.13. The molecule has 1 aliphatic rings. The summed E-state index contributed by atoms with van der Waals surface area (Å²) in [6, 6.07) is 6.82. The highest BCUT2D eigenvalue weighted by atomic mass is 19.1. The number of nitrogens with one attached hydrogen (secondary N) is 1. The van der Waals surface area contributed by atoms with E-state index in [0.29, 0.717) is 0 Å².